The van der Waals surface area contributed by atoms with E-state index in [0.29, 0.717) is 17.4 Å². The largest absolute Gasteiger partial charge is 0.493 e. The highest BCUT2D eigenvalue weighted by Gasteiger charge is 2.26. The number of hydrogen-bond donors (Lipinski definition) is 1. The van der Waals surface area contributed by atoms with Crippen LogP contribution in [0.15, 0.2) is 36.5 Å². The lowest BCUT2D eigenvalue weighted by molar-refractivity contribution is 0.1000. The number of carbonyl (C=O) groups excluding carboxylic acids is 1. The third kappa shape index (κ3) is 4.98. The average Bonchev–Trinajstić information content (AvgIpc) is 2.77. The van der Waals surface area contributed by atoms with Crippen molar-refractivity contribution in [2.75, 3.05) is 45.8 Å². The van der Waals surface area contributed by atoms with E-state index in [2.05, 4.69) is 27.9 Å². The van der Waals surface area contributed by atoms with E-state index in [1.165, 1.54) is 5.56 Å². The Kier molecular flexibility index (Phi) is 6.93. The zero-order valence-corrected chi connectivity index (χ0v) is 17.4. The number of rotatable bonds is 8. The van der Waals surface area contributed by atoms with Gasteiger partial charge in [0.1, 0.15) is 5.82 Å². The molecule has 3 rings (SSSR count). The predicted molar refractivity (Wildman–Crippen MR) is 114 cm³/mol. The molecule has 0 spiro atoms. The van der Waals surface area contributed by atoms with Crippen LogP contribution in [0.2, 0.25) is 0 Å². The molecule has 0 saturated carbocycles. The fourth-order valence-electron chi connectivity index (χ4n) is 3.87. The van der Waals surface area contributed by atoms with Crippen molar-refractivity contribution in [1.29, 1.82) is 0 Å². The summed E-state index contributed by atoms with van der Waals surface area (Å²) in [4.78, 5) is 20.8. The van der Waals surface area contributed by atoms with Crippen molar-refractivity contribution in [3.8, 4) is 11.5 Å². The number of methoxy groups -OCH3 is 2. The minimum Gasteiger partial charge on any atom is -0.493 e. The van der Waals surface area contributed by atoms with Crippen LogP contribution < -0.4 is 20.1 Å². The van der Waals surface area contributed by atoms with Gasteiger partial charge in [-0.15, -0.1) is 0 Å². The molecule has 1 aromatic carbocycles. The number of piperidine rings is 1. The van der Waals surface area contributed by atoms with Gasteiger partial charge < -0.3 is 25.0 Å². The number of benzene rings is 1. The van der Waals surface area contributed by atoms with Crippen LogP contribution in [0.1, 0.15) is 28.8 Å². The molecule has 7 heteroatoms. The number of pyridine rings is 1. The van der Waals surface area contributed by atoms with Gasteiger partial charge in [0.15, 0.2) is 11.5 Å². The van der Waals surface area contributed by atoms with Crippen molar-refractivity contribution in [2.24, 2.45) is 5.73 Å². The van der Waals surface area contributed by atoms with E-state index < -0.39 is 5.91 Å². The van der Waals surface area contributed by atoms with E-state index in [1.807, 2.05) is 12.1 Å². The Morgan fingerprint density at radius 3 is 2.79 bits per heavy atom. The molecule has 1 saturated heterocycles. The summed E-state index contributed by atoms with van der Waals surface area (Å²) < 4.78 is 10.7. The number of ether oxygens (including phenoxy) is 2. The number of amides is 1. The number of nitrogens with zero attached hydrogens (tertiary/aromatic N) is 3. The van der Waals surface area contributed by atoms with Crippen LogP contribution in [0.25, 0.3) is 0 Å². The first-order valence-corrected chi connectivity index (χ1v) is 9.94. The quantitative estimate of drug-likeness (QED) is 0.735. The number of aromatic nitrogens is 1. The molecule has 2 heterocycles. The Morgan fingerprint density at radius 1 is 1.28 bits per heavy atom. The topological polar surface area (TPSA) is 80.9 Å². The molecule has 29 heavy (non-hydrogen) atoms. The van der Waals surface area contributed by atoms with E-state index in [1.54, 1.807) is 32.5 Å². The maximum absolute atomic E-state index is 11.8. The van der Waals surface area contributed by atoms with Crippen molar-refractivity contribution in [3.63, 3.8) is 0 Å². The van der Waals surface area contributed by atoms with E-state index in [0.717, 1.165) is 50.4 Å². The number of anilines is 1. The molecule has 1 atom stereocenters. The second-order valence-electron chi connectivity index (χ2n) is 7.40. The van der Waals surface area contributed by atoms with Gasteiger partial charge in [-0.2, -0.15) is 0 Å². The molecule has 156 valence electrons. The summed E-state index contributed by atoms with van der Waals surface area (Å²) in [5.74, 6) is 1.76. The molecule has 0 radical (unpaired) electrons. The highest BCUT2D eigenvalue weighted by Crippen LogP contribution is 2.28. The normalized spacial score (nSPS) is 16.7. The lowest BCUT2D eigenvalue weighted by Crippen LogP contribution is -2.47. The Morgan fingerprint density at radius 2 is 2.07 bits per heavy atom. The number of hydrogen-bond acceptors (Lipinski definition) is 6. The van der Waals surface area contributed by atoms with Gasteiger partial charge in [-0.3, -0.25) is 4.79 Å². The fraction of sp³-hybridized carbons (Fsp3) is 0.455. The van der Waals surface area contributed by atoms with Crippen LogP contribution in [-0.2, 0) is 6.42 Å². The van der Waals surface area contributed by atoms with Crippen LogP contribution >= 0.6 is 0 Å². The summed E-state index contributed by atoms with van der Waals surface area (Å²) in [6.07, 6.45) is 4.81. The summed E-state index contributed by atoms with van der Waals surface area (Å²) in [6, 6.07) is 9.95. The molecule has 2 N–H and O–H groups in total. The second-order valence-corrected chi connectivity index (χ2v) is 7.40. The Labute approximate surface area is 172 Å². The first kappa shape index (κ1) is 20.9. The standard InChI is InChI=1S/C22H30N4O3/c1-25(13-10-16-8-9-19(28-2)20(14-16)29-3)17-6-5-12-26(15-17)22-18(21(23)27)7-4-11-24-22/h4,7-9,11,14,17H,5-6,10,12-13,15H2,1-3H3,(H2,23,27)/t17-/m0/s1. The molecule has 1 fully saturated rings. The lowest BCUT2D eigenvalue weighted by atomic mass is 10.0. The molecule has 1 amide bonds. The monoisotopic (exact) mass is 398 g/mol. The SMILES string of the molecule is COc1ccc(CCN(C)[C@H]2CCCN(c3ncccc3C(N)=O)C2)cc1OC. The third-order valence-electron chi connectivity index (χ3n) is 5.57. The van der Waals surface area contributed by atoms with Crippen molar-refractivity contribution in [3.05, 3.63) is 47.7 Å². The second kappa shape index (κ2) is 9.60. The molecular weight excluding hydrogens is 368 g/mol. The summed E-state index contributed by atoms with van der Waals surface area (Å²) in [6.45, 7) is 2.65. The maximum atomic E-state index is 11.8. The van der Waals surface area contributed by atoms with E-state index in [9.17, 15) is 4.79 Å². The molecule has 1 aromatic heterocycles. The van der Waals surface area contributed by atoms with Crippen LogP contribution in [0.5, 0.6) is 11.5 Å². The number of nitrogens with two attached hydrogens (primary N) is 1. The van der Waals surface area contributed by atoms with E-state index in [4.69, 9.17) is 15.2 Å². The average molecular weight is 399 g/mol. The molecule has 2 aromatic rings. The van der Waals surface area contributed by atoms with Crippen LogP contribution in [-0.4, -0.2) is 62.7 Å². The molecule has 0 unspecified atom stereocenters. The summed E-state index contributed by atoms with van der Waals surface area (Å²) in [5.41, 5.74) is 7.24. The van der Waals surface area contributed by atoms with Gasteiger partial charge in [-0.25, -0.2) is 4.98 Å². The van der Waals surface area contributed by atoms with Crippen LogP contribution in [0.3, 0.4) is 0 Å². The number of primary amides is 1. The number of likely N-dealkylation sites (N-methyl/N-ethyl adjacent to an activating group) is 1. The summed E-state index contributed by atoms with van der Waals surface area (Å²) in [7, 11) is 5.45. The predicted octanol–water partition coefficient (Wildman–Crippen LogP) is 2.34. The lowest BCUT2D eigenvalue weighted by Gasteiger charge is -2.38. The number of carbonyl (C=O) groups is 1. The van der Waals surface area contributed by atoms with Crippen LogP contribution in [0.4, 0.5) is 5.82 Å². The summed E-state index contributed by atoms with van der Waals surface area (Å²) >= 11 is 0. The molecular formula is C22H30N4O3. The fourth-order valence-corrected chi connectivity index (χ4v) is 3.87. The van der Waals surface area contributed by atoms with Gasteiger partial charge in [0, 0.05) is 31.9 Å². The third-order valence-corrected chi connectivity index (χ3v) is 5.57. The minimum atomic E-state index is -0.433. The van der Waals surface area contributed by atoms with Crippen molar-refractivity contribution < 1.29 is 14.3 Å². The highest BCUT2D eigenvalue weighted by molar-refractivity contribution is 5.97. The van der Waals surface area contributed by atoms with Crippen molar-refractivity contribution >= 4 is 11.7 Å². The minimum absolute atomic E-state index is 0.395. The summed E-state index contributed by atoms with van der Waals surface area (Å²) in [5, 5.41) is 0. The molecule has 1 aliphatic heterocycles. The van der Waals surface area contributed by atoms with Gasteiger partial charge >= 0.3 is 0 Å². The highest BCUT2D eigenvalue weighted by atomic mass is 16.5. The Bertz CT molecular complexity index is 843. The van der Waals surface area contributed by atoms with Gasteiger partial charge in [0.25, 0.3) is 5.91 Å². The molecule has 0 bridgehead atoms. The van der Waals surface area contributed by atoms with Gasteiger partial charge in [0.2, 0.25) is 0 Å². The van der Waals surface area contributed by atoms with Crippen molar-refractivity contribution in [2.45, 2.75) is 25.3 Å². The molecule has 1 aliphatic rings. The first-order valence-electron chi connectivity index (χ1n) is 9.94. The molecule has 0 aliphatic carbocycles. The first-order chi connectivity index (χ1) is 14.0. The van der Waals surface area contributed by atoms with Crippen molar-refractivity contribution in [1.82, 2.24) is 9.88 Å². The smallest absolute Gasteiger partial charge is 0.252 e. The zero-order chi connectivity index (χ0) is 20.8. The Hall–Kier alpha value is -2.80. The Balaban J connectivity index is 1.63. The van der Waals surface area contributed by atoms with E-state index in [-0.39, 0.29) is 0 Å². The van der Waals surface area contributed by atoms with Gasteiger partial charge in [0.05, 0.1) is 19.8 Å². The van der Waals surface area contributed by atoms with E-state index >= 15 is 0 Å². The maximum Gasteiger partial charge on any atom is 0.252 e. The van der Waals surface area contributed by atoms with Gasteiger partial charge in [-0.1, -0.05) is 6.07 Å². The molecule has 7 nitrogen and oxygen atoms in total. The van der Waals surface area contributed by atoms with Crippen LogP contribution in [0, 0.1) is 0 Å². The zero-order valence-electron chi connectivity index (χ0n) is 17.4. The van der Waals surface area contributed by atoms with Gasteiger partial charge in [-0.05, 0) is 56.1 Å².